The van der Waals surface area contributed by atoms with Crippen LogP contribution in [0.1, 0.15) is 5.56 Å². The molecule has 24 heavy (non-hydrogen) atoms. The van der Waals surface area contributed by atoms with Crippen LogP contribution in [0.3, 0.4) is 0 Å². The number of ether oxygens (including phenoxy) is 2. The zero-order chi connectivity index (χ0) is 16.9. The van der Waals surface area contributed by atoms with E-state index >= 15 is 0 Å². The number of nitro groups is 1. The van der Waals surface area contributed by atoms with Gasteiger partial charge in [-0.1, -0.05) is 30.3 Å². The number of carbonyl (C=O) groups excluding carboxylic acids is 1. The molecule has 1 saturated heterocycles. The molecule has 1 heterocycles. The van der Waals surface area contributed by atoms with Crippen LogP contribution in [0.15, 0.2) is 54.6 Å². The lowest BCUT2D eigenvalue weighted by Gasteiger charge is -2.37. The van der Waals surface area contributed by atoms with Crippen LogP contribution in [0.2, 0.25) is 0 Å². The van der Waals surface area contributed by atoms with Gasteiger partial charge in [0.15, 0.2) is 0 Å². The third kappa shape index (κ3) is 3.81. The van der Waals surface area contributed by atoms with Crippen molar-refractivity contribution < 1.29 is 19.2 Å². The van der Waals surface area contributed by atoms with Crippen LogP contribution < -0.4 is 4.74 Å². The second kappa shape index (κ2) is 6.99. The molecule has 0 N–H and O–H groups in total. The van der Waals surface area contributed by atoms with Crippen LogP contribution in [0.4, 0.5) is 10.5 Å². The maximum absolute atomic E-state index is 11.9. The smallest absolute Gasteiger partial charge is 0.410 e. The summed E-state index contributed by atoms with van der Waals surface area (Å²) in [5.74, 6) is 0.544. The van der Waals surface area contributed by atoms with Crippen molar-refractivity contribution in [3.8, 4) is 5.75 Å². The summed E-state index contributed by atoms with van der Waals surface area (Å²) >= 11 is 0. The Labute approximate surface area is 138 Å². The summed E-state index contributed by atoms with van der Waals surface area (Å²) in [6, 6.07) is 15.3. The molecule has 0 spiro atoms. The van der Waals surface area contributed by atoms with E-state index in [1.165, 1.54) is 12.1 Å². The molecule has 0 aromatic heterocycles. The first-order valence-corrected chi connectivity index (χ1v) is 7.48. The molecule has 0 unspecified atom stereocenters. The third-order valence-corrected chi connectivity index (χ3v) is 3.66. The molecule has 0 radical (unpaired) electrons. The first-order chi connectivity index (χ1) is 11.6. The largest absolute Gasteiger partial charge is 0.487 e. The zero-order valence-electron chi connectivity index (χ0n) is 12.8. The maximum atomic E-state index is 11.9. The number of carbonyl (C=O) groups is 1. The quantitative estimate of drug-likeness (QED) is 0.622. The van der Waals surface area contributed by atoms with E-state index in [0.717, 1.165) is 5.56 Å². The van der Waals surface area contributed by atoms with E-state index in [4.69, 9.17) is 9.47 Å². The van der Waals surface area contributed by atoms with Crippen molar-refractivity contribution in [3.63, 3.8) is 0 Å². The fourth-order valence-corrected chi connectivity index (χ4v) is 2.31. The van der Waals surface area contributed by atoms with Gasteiger partial charge < -0.3 is 14.4 Å². The molecule has 0 saturated carbocycles. The van der Waals surface area contributed by atoms with E-state index in [1.807, 2.05) is 30.3 Å². The van der Waals surface area contributed by atoms with Gasteiger partial charge in [0, 0.05) is 12.1 Å². The van der Waals surface area contributed by atoms with Crippen molar-refractivity contribution in [1.82, 2.24) is 4.90 Å². The lowest BCUT2D eigenvalue weighted by molar-refractivity contribution is -0.384. The number of hydrogen-bond acceptors (Lipinski definition) is 5. The average Bonchev–Trinajstić information content (AvgIpc) is 2.57. The van der Waals surface area contributed by atoms with Gasteiger partial charge in [-0.15, -0.1) is 0 Å². The highest BCUT2D eigenvalue weighted by molar-refractivity contribution is 5.68. The molecule has 0 bridgehead atoms. The summed E-state index contributed by atoms with van der Waals surface area (Å²) < 4.78 is 10.9. The summed E-state index contributed by atoms with van der Waals surface area (Å²) in [5.41, 5.74) is 0.951. The van der Waals surface area contributed by atoms with Crippen LogP contribution in [0.25, 0.3) is 0 Å². The summed E-state index contributed by atoms with van der Waals surface area (Å²) in [5, 5.41) is 10.6. The molecule has 1 aliphatic rings. The fourth-order valence-electron chi connectivity index (χ4n) is 2.31. The van der Waals surface area contributed by atoms with Gasteiger partial charge in [-0.05, 0) is 17.7 Å². The third-order valence-electron chi connectivity index (χ3n) is 3.66. The van der Waals surface area contributed by atoms with Gasteiger partial charge in [-0.25, -0.2) is 4.79 Å². The van der Waals surface area contributed by atoms with Gasteiger partial charge in [-0.3, -0.25) is 10.1 Å². The number of non-ortho nitro benzene ring substituents is 1. The summed E-state index contributed by atoms with van der Waals surface area (Å²) in [6.07, 6.45) is -0.502. The van der Waals surface area contributed by atoms with E-state index in [9.17, 15) is 14.9 Å². The van der Waals surface area contributed by atoms with Crippen molar-refractivity contribution in [2.45, 2.75) is 12.7 Å². The molecular formula is C17H16N2O5. The van der Waals surface area contributed by atoms with Crippen LogP contribution in [-0.2, 0) is 11.3 Å². The van der Waals surface area contributed by atoms with Gasteiger partial charge in [0.05, 0.1) is 18.0 Å². The van der Waals surface area contributed by atoms with Crippen molar-refractivity contribution in [3.05, 3.63) is 70.3 Å². The van der Waals surface area contributed by atoms with Crippen molar-refractivity contribution in [2.24, 2.45) is 0 Å². The lowest BCUT2D eigenvalue weighted by Crippen LogP contribution is -2.56. The van der Waals surface area contributed by atoms with Gasteiger partial charge in [0.2, 0.25) is 0 Å². The Morgan fingerprint density at radius 2 is 1.79 bits per heavy atom. The van der Waals surface area contributed by atoms with Crippen molar-refractivity contribution >= 4 is 11.8 Å². The van der Waals surface area contributed by atoms with Gasteiger partial charge in [0.1, 0.15) is 18.5 Å². The molecule has 1 aliphatic heterocycles. The fraction of sp³-hybridized carbons (Fsp3) is 0.235. The topological polar surface area (TPSA) is 81.9 Å². The molecule has 124 valence electrons. The summed E-state index contributed by atoms with van der Waals surface area (Å²) in [4.78, 5) is 23.6. The van der Waals surface area contributed by atoms with E-state index in [0.29, 0.717) is 18.8 Å². The predicted molar refractivity (Wildman–Crippen MR) is 85.7 cm³/mol. The Kier molecular flexibility index (Phi) is 4.60. The molecule has 1 fully saturated rings. The van der Waals surface area contributed by atoms with Gasteiger partial charge in [-0.2, -0.15) is 0 Å². The molecule has 0 atom stereocenters. The highest BCUT2D eigenvalue weighted by Crippen LogP contribution is 2.21. The number of rotatable bonds is 5. The van der Waals surface area contributed by atoms with E-state index < -0.39 is 4.92 Å². The molecule has 2 aromatic carbocycles. The van der Waals surface area contributed by atoms with Gasteiger partial charge in [0.25, 0.3) is 5.69 Å². The Morgan fingerprint density at radius 3 is 2.42 bits per heavy atom. The number of nitro benzene ring substituents is 1. The molecule has 7 heteroatoms. The second-order valence-corrected chi connectivity index (χ2v) is 5.44. The number of benzene rings is 2. The van der Waals surface area contributed by atoms with Crippen LogP contribution in [-0.4, -0.2) is 35.1 Å². The Hall–Kier alpha value is -3.09. The standard InChI is InChI=1S/C17H16N2O5/c20-17(23-12-13-4-2-1-3-5-13)18-10-16(11-18)24-15-8-6-14(7-9-15)19(21)22/h1-9,16H,10-12H2. The first kappa shape index (κ1) is 15.8. The second-order valence-electron chi connectivity index (χ2n) is 5.44. The molecule has 0 aliphatic carbocycles. The molecular weight excluding hydrogens is 312 g/mol. The minimum Gasteiger partial charge on any atom is -0.487 e. The number of nitrogens with zero attached hydrogens (tertiary/aromatic N) is 2. The number of hydrogen-bond donors (Lipinski definition) is 0. The Morgan fingerprint density at radius 1 is 1.12 bits per heavy atom. The molecule has 7 nitrogen and oxygen atoms in total. The lowest BCUT2D eigenvalue weighted by atomic mass is 10.2. The zero-order valence-corrected chi connectivity index (χ0v) is 12.8. The van der Waals surface area contributed by atoms with Crippen LogP contribution in [0.5, 0.6) is 5.75 Å². The van der Waals surface area contributed by atoms with E-state index in [1.54, 1.807) is 17.0 Å². The summed E-state index contributed by atoms with van der Waals surface area (Å²) in [7, 11) is 0. The highest BCUT2D eigenvalue weighted by atomic mass is 16.6. The minimum atomic E-state index is -0.461. The van der Waals surface area contributed by atoms with E-state index in [2.05, 4.69) is 0 Å². The predicted octanol–water partition coefficient (Wildman–Crippen LogP) is 2.99. The van der Waals surface area contributed by atoms with Crippen molar-refractivity contribution in [1.29, 1.82) is 0 Å². The SMILES string of the molecule is O=C(OCc1ccccc1)N1CC(Oc2ccc([N+](=O)[O-])cc2)C1. The Bertz CT molecular complexity index is 712. The van der Waals surface area contributed by atoms with Crippen LogP contribution in [0, 0.1) is 10.1 Å². The van der Waals surface area contributed by atoms with Crippen molar-refractivity contribution in [2.75, 3.05) is 13.1 Å². The van der Waals surface area contributed by atoms with Gasteiger partial charge >= 0.3 is 6.09 Å². The molecule has 3 rings (SSSR count). The molecule has 1 amide bonds. The normalized spacial score (nSPS) is 13.9. The van der Waals surface area contributed by atoms with Crippen LogP contribution >= 0.6 is 0 Å². The average molecular weight is 328 g/mol. The number of likely N-dealkylation sites (tertiary alicyclic amines) is 1. The monoisotopic (exact) mass is 328 g/mol. The summed E-state index contributed by atoms with van der Waals surface area (Å²) in [6.45, 7) is 1.11. The minimum absolute atomic E-state index is 0.0158. The van der Waals surface area contributed by atoms with E-state index in [-0.39, 0.29) is 24.5 Å². The highest BCUT2D eigenvalue weighted by Gasteiger charge is 2.33. The maximum Gasteiger partial charge on any atom is 0.410 e. The molecule has 2 aromatic rings. The number of amides is 1. The Balaban J connectivity index is 1.42. The first-order valence-electron chi connectivity index (χ1n) is 7.48.